The van der Waals surface area contributed by atoms with E-state index >= 15 is 4.39 Å². The van der Waals surface area contributed by atoms with Crippen molar-refractivity contribution in [2.75, 3.05) is 19.8 Å². The van der Waals surface area contributed by atoms with Crippen molar-refractivity contribution in [1.82, 2.24) is 0 Å². The molecule has 0 aliphatic carbocycles. The van der Waals surface area contributed by atoms with E-state index in [4.69, 9.17) is 14.6 Å². The Kier molecular flexibility index (Phi) is 12.9. The van der Waals surface area contributed by atoms with E-state index in [0.717, 1.165) is 60.8 Å². The number of carbonyl (C=O) groups excluding carboxylic acids is 1. The highest BCUT2D eigenvalue weighted by molar-refractivity contribution is 5.86. The second-order valence-electron chi connectivity index (χ2n) is 10.3. The fourth-order valence-corrected chi connectivity index (χ4v) is 4.62. The van der Waals surface area contributed by atoms with Gasteiger partial charge >= 0.3 is 5.97 Å². The molecule has 40 heavy (non-hydrogen) atoms. The number of halogens is 1. The third-order valence-electron chi connectivity index (χ3n) is 6.98. The second kappa shape index (κ2) is 16.6. The second-order valence-corrected chi connectivity index (χ2v) is 10.3. The Balaban J connectivity index is 1.75. The Bertz CT molecular complexity index is 1230. The maximum Gasteiger partial charge on any atom is 0.333 e. The van der Waals surface area contributed by atoms with Gasteiger partial charge in [-0.25, -0.2) is 9.18 Å². The molecular weight excluding hydrogens is 503 g/mol. The quantitative estimate of drug-likeness (QED) is 0.105. The van der Waals surface area contributed by atoms with Crippen LogP contribution in [0.2, 0.25) is 0 Å². The number of hydrogen-bond donors (Lipinski definition) is 1. The fraction of sp³-hybridized carbons (Fsp3) is 0.400. The molecule has 0 saturated heterocycles. The molecule has 0 aliphatic heterocycles. The maximum absolute atomic E-state index is 15.4. The van der Waals surface area contributed by atoms with Gasteiger partial charge in [-0.2, -0.15) is 0 Å². The first kappa shape index (κ1) is 31.1. The lowest BCUT2D eigenvalue weighted by atomic mass is 9.96. The zero-order chi connectivity index (χ0) is 28.7. The standard InChI is InChI=1S/C35H43FO4/c1-4-5-8-11-27-13-15-28(16-14-27)30-19-20-32(33(36)24-30)31-18-17-29(12-9-6-7-10-21-37)34(25-31)39-22-23-40-35(38)26(2)3/h13-20,24-25,37H,2,4-12,21-23H2,1,3H3. The van der Waals surface area contributed by atoms with Crippen molar-refractivity contribution in [3.63, 3.8) is 0 Å². The van der Waals surface area contributed by atoms with Crippen LogP contribution in [0.15, 0.2) is 72.8 Å². The van der Waals surface area contributed by atoms with Crippen molar-refractivity contribution in [3.8, 4) is 28.0 Å². The molecule has 0 spiro atoms. The van der Waals surface area contributed by atoms with E-state index in [2.05, 4.69) is 37.8 Å². The number of unbranched alkanes of at least 4 members (excludes halogenated alkanes) is 5. The van der Waals surface area contributed by atoms with Crippen molar-refractivity contribution < 1.29 is 23.8 Å². The van der Waals surface area contributed by atoms with Gasteiger partial charge in [0, 0.05) is 17.7 Å². The predicted molar refractivity (Wildman–Crippen MR) is 161 cm³/mol. The molecule has 0 atom stereocenters. The molecule has 0 heterocycles. The summed E-state index contributed by atoms with van der Waals surface area (Å²) in [6.07, 6.45) is 9.24. The molecule has 214 valence electrons. The molecule has 4 nitrogen and oxygen atoms in total. The number of aryl methyl sites for hydroxylation is 2. The Labute approximate surface area is 238 Å². The zero-order valence-electron chi connectivity index (χ0n) is 24.0. The van der Waals surface area contributed by atoms with Crippen LogP contribution in [0.1, 0.15) is 69.9 Å². The van der Waals surface area contributed by atoms with Gasteiger partial charge in [-0.15, -0.1) is 0 Å². The minimum absolute atomic E-state index is 0.103. The summed E-state index contributed by atoms with van der Waals surface area (Å²) in [6, 6.07) is 19.6. The first-order chi connectivity index (χ1) is 19.4. The lowest BCUT2D eigenvalue weighted by molar-refractivity contribution is -0.139. The smallest absolute Gasteiger partial charge is 0.333 e. The van der Waals surface area contributed by atoms with E-state index in [1.807, 2.05) is 30.3 Å². The van der Waals surface area contributed by atoms with Gasteiger partial charge in [0.25, 0.3) is 0 Å². The highest BCUT2D eigenvalue weighted by Crippen LogP contribution is 2.32. The van der Waals surface area contributed by atoms with Crippen molar-refractivity contribution in [3.05, 3.63) is 89.8 Å². The van der Waals surface area contributed by atoms with Gasteiger partial charge in [0.2, 0.25) is 0 Å². The maximum atomic E-state index is 15.4. The van der Waals surface area contributed by atoms with Crippen molar-refractivity contribution in [2.45, 2.75) is 71.6 Å². The number of esters is 1. The summed E-state index contributed by atoms with van der Waals surface area (Å²) >= 11 is 0. The van der Waals surface area contributed by atoms with E-state index in [-0.39, 0.29) is 25.6 Å². The summed E-state index contributed by atoms with van der Waals surface area (Å²) < 4.78 is 26.6. The SMILES string of the molecule is C=C(C)C(=O)OCCOc1cc(-c2ccc(-c3ccc(CCCCC)cc3)cc2F)ccc1CCCCCCO. The highest BCUT2D eigenvalue weighted by Gasteiger charge is 2.12. The zero-order valence-corrected chi connectivity index (χ0v) is 24.0. The predicted octanol–water partition coefficient (Wildman–Crippen LogP) is 8.49. The summed E-state index contributed by atoms with van der Waals surface area (Å²) in [4.78, 5) is 11.7. The molecule has 3 aromatic carbocycles. The van der Waals surface area contributed by atoms with Crippen LogP contribution in [-0.4, -0.2) is 30.9 Å². The summed E-state index contributed by atoms with van der Waals surface area (Å²) in [7, 11) is 0. The molecule has 5 heteroatoms. The Morgan fingerprint density at radius 3 is 2.23 bits per heavy atom. The topological polar surface area (TPSA) is 55.8 Å². The molecule has 0 aromatic heterocycles. The average molecular weight is 547 g/mol. The third kappa shape index (κ3) is 9.63. The molecular formula is C35H43FO4. The monoisotopic (exact) mass is 546 g/mol. The van der Waals surface area contributed by atoms with Gasteiger partial charge in [0.15, 0.2) is 0 Å². The fourth-order valence-electron chi connectivity index (χ4n) is 4.62. The number of ether oxygens (including phenoxy) is 2. The highest BCUT2D eigenvalue weighted by atomic mass is 19.1. The molecule has 0 fully saturated rings. The van der Waals surface area contributed by atoms with Gasteiger partial charge in [-0.05, 0) is 79.0 Å². The van der Waals surface area contributed by atoms with Gasteiger partial charge < -0.3 is 14.6 Å². The molecule has 0 saturated carbocycles. The van der Waals surface area contributed by atoms with Crippen molar-refractivity contribution in [1.29, 1.82) is 0 Å². The molecule has 0 radical (unpaired) electrons. The van der Waals surface area contributed by atoms with Crippen LogP contribution < -0.4 is 4.74 Å². The van der Waals surface area contributed by atoms with Crippen LogP contribution in [-0.2, 0) is 22.4 Å². The van der Waals surface area contributed by atoms with Gasteiger partial charge in [0.05, 0.1) is 0 Å². The number of benzene rings is 3. The molecule has 3 rings (SSSR count). The number of carbonyl (C=O) groups is 1. The van der Waals surface area contributed by atoms with Gasteiger partial charge in [0.1, 0.15) is 24.8 Å². The molecule has 0 unspecified atom stereocenters. The first-order valence-electron chi connectivity index (χ1n) is 14.5. The van der Waals surface area contributed by atoms with Crippen LogP contribution in [0, 0.1) is 5.82 Å². The number of rotatable bonds is 17. The Morgan fingerprint density at radius 2 is 1.52 bits per heavy atom. The van der Waals surface area contributed by atoms with Gasteiger partial charge in [-0.3, -0.25) is 0 Å². The summed E-state index contributed by atoms with van der Waals surface area (Å²) in [5, 5.41) is 9.02. The molecule has 0 bridgehead atoms. The van der Waals surface area contributed by atoms with Crippen LogP contribution >= 0.6 is 0 Å². The van der Waals surface area contributed by atoms with Crippen molar-refractivity contribution >= 4 is 5.97 Å². The van der Waals surface area contributed by atoms with E-state index < -0.39 is 5.97 Å². The molecule has 1 N–H and O–H groups in total. The molecule has 0 amide bonds. The van der Waals surface area contributed by atoms with Crippen LogP contribution in [0.5, 0.6) is 5.75 Å². The lowest BCUT2D eigenvalue weighted by Crippen LogP contribution is -2.13. The van der Waals surface area contributed by atoms with Crippen LogP contribution in [0.3, 0.4) is 0 Å². The third-order valence-corrected chi connectivity index (χ3v) is 6.98. The van der Waals surface area contributed by atoms with E-state index in [0.29, 0.717) is 16.9 Å². The normalized spacial score (nSPS) is 10.9. The summed E-state index contributed by atoms with van der Waals surface area (Å²) in [6.45, 7) is 7.90. The Morgan fingerprint density at radius 1 is 0.825 bits per heavy atom. The summed E-state index contributed by atoms with van der Waals surface area (Å²) in [5.41, 5.74) is 5.75. The molecule has 3 aromatic rings. The summed E-state index contributed by atoms with van der Waals surface area (Å²) in [5.74, 6) is -0.0782. The van der Waals surface area contributed by atoms with Crippen molar-refractivity contribution in [2.24, 2.45) is 0 Å². The largest absolute Gasteiger partial charge is 0.490 e. The lowest BCUT2D eigenvalue weighted by Gasteiger charge is -2.15. The number of aliphatic hydroxyl groups excluding tert-OH is 1. The van der Waals surface area contributed by atoms with E-state index in [1.54, 1.807) is 13.0 Å². The van der Waals surface area contributed by atoms with Gasteiger partial charge in [-0.1, -0.05) is 87.7 Å². The number of aliphatic hydroxyl groups is 1. The van der Waals surface area contributed by atoms with Crippen LogP contribution in [0.25, 0.3) is 22.3 Å². The first-order valence-corrected chi connectivity index (χ1v) is 14.5. The minimum atomic E-state index is -0.449. The Hall–Kier alpha value is -3.44. The van der Waals surface area contributed by atoms with E-state index in [1.165, 1.54) is 24.8 Å². The number of hydrogen-bond acceptors (Lipinski definition) is 4. The minimum Gasteiger partial charge on any atom is -0.490 e. The average Bonchev–Trinajstić information content (AvgIpc) is 2.96. The van der Waals surface area contributed by atoms with E-state index in [9.17, 15) is 4.79 Å². The van der Waals surface area contributed by atoms with Crippen LogP contribution in [0.4, 0.5) is 4.39 Å². The molecule has 0 aliphatic rings.